The maximum atomic E-state index is 11.4. The first-order valence-electron chi connectivity index (χ1n) is 5.65. The first-order chi connectivity index (χ1) is 8.19. The van der Waals surface area contributed by atoms with Crippen molar-refractivity contribution < 1.29 is 14.3 Å². The maximum Gasteiger partial charge on any atom is 0.340 e. The Kier molecular flexibility index (Phi) is 5.26. The predicted octanol–water partition coefficient (Wildman–Crippen LogP) is 2.02. The van der Waals surface area contributed by atoms with Crippen molar-refractivity contribution in [3.05, 3.63) is 17.8 Å². The molecule has 0 spiro atoms. The summed E-state index contributed by atoms with van der Waals surface area (Å²) in [5.74, 6) is -0.0842. The molecule has 0 radical (unpaired) electrons. The Balaban J connectivity index is 2.65. The molecular weight excluding hydrogens is 220 g/mol. The number of hydrogen-bond acceptors (Lipinski definition) is 5. The van der Waals surface area contributed by atoms with Crippen molar-refractivity contribution in [3.8, 4) is 5.88 Å². The molecular formula is C12H18N2O3. The number of carbonyl (C=O) groups is 1. The lowest BCUT2D eigenvalue weighted by atomic mass is 10.2. The Labute approximate surface area is 101 Å². The van der Waals surface area contributed by atoms with Crippen LogP contribution in [0.2, 0.25) is 0 Å². The van der Waals surface area contributed by atoms with Gasteiger partial charge in [0.15, 0.2) is 0 Å². The van der Waals surface area contributed by atoms with Gasteiger partial charge in [-0.2, -0.15) is 0 Å². The van der Waals surface area contributed by atoms with Crippen LogP contribution in [0.5, 0.6) is 5.88 Å². The van der Waals surface area contributed by atoms with Crippen LogP contribution in [0.15, 0.2) is 12.3 Å². The highest BCUT2D eigenvalue weighted by Crippen LogP contribution is 2.17. The largest absolute Gasteiger partial charge is 0.478 e. The SMILES string of the molecule is CCCCCOc1cc(C(=O)OC)c(N)cn1. The van der Waals surface area contributed by atoms with Crippen LogP contribution in [-0.2, 0) is 4.74 Å². The molecule has 1 rings (SSSR count). The summed E-state index contributed by atoms with van der Waals surface area (Å²) in [6, 6.07) is 1.51. The first-order valence-corrected chi connectivity index (χ1v) is 5.65. The average Bonchev–Trinajstić information content (AvgIpc) is 2.35. The molecule has 0 aliphatic carbocycles. The summed E-state index contributed by atoms with van der Waals surface area (Å²) < 4.78 is 10.0. The fraction of sp³-hybridized carbons (Fsp3) is 0.500. The van der Waals surface area contributed by atoms with Crippen molar-refractivity contribution in [1.82, 2.24) is 4.98 Å². The van der Waals surface area contributed by atoms with Crippen molar-refractivity contribution in [3.63, 3.8) is 0 Å². The molecule has 94 valence electrons. The number of rotatable bonds is 6. The van der Waals surface area contributed by atoms with E-state index in [0.717, 1.165) is 19.3 Å². The second-order valence-electron chi connectivity index (χ2n) is 3.66. The molecule has 2 N–H and O–H groups in total. The van der Waals surface area contributed by atoms with Gasteiger partial charge < -0.3 is 15.2 Å². The molecule has 0 bridgehead atoms. The van der Waals surface area contributed by atoms with Crippen molar-refractivity contribution in [1.29, 1.82) is 0 Å². The smallest absolute Gasteiger partial charge is 0.340 e. The van der Waals surface area contributed by atoms with Crippen LogP contribution in [0.3, 0.4) is 0 Å². The monoisotopic (exact) mass is 238 g/mol. The molecule has 1 aromatic rings. The number of aromatic nitrogens is 1. The number of nitrogens with zero attached hydrogens (tertiary/aromatic N) is 1. The second-order valence-corrected chi connectivity index (χ2v) is 3.66. The molecule has 0 saturated heterocycles. The van der Waals surface area contributed by atoms with Crippen LogP contribution in [0.25, 0.3) is 0 Å². The van der Waals surface area contributed by atoms with E-state index in [4.69, 9.17) is 10.5 Å². The lowest BCUT2D eigenvalue weighted by Crippen LogP contribution is -2.08. The summed E-state index contributed by atoms with van der Waals surface area (Å²) >= 11 is 0. The fourth-order valence-corrected chi connectivity index (χ4v) is 1.34. The highest BCUT2D eigenvalue weighted by molar-refractivity contribution is 5.95. The zero-order chi connectivity index (χ0) is 12.7. The maximum absolute atomic E-state index is 11.4. The van der Waals surface area contributed by atoms with E-state index in [1.807, 2.05) is 0 Å². The number of methoxy groups -OCH3 is 1. The van der Waals surface area contributed by atoms with Gasteiger partial charge >= 0.3 is 5.97 Å². The van der Waals surface area contributed by atoms with Gasteiger partial charge in [0, 0.05) is 6.07 Å². The normalized spacial score (nSPS) is 10.0. The molecule has 0 saturated carbocycles. The molecule has 5 nitrogen and oxygen atoms in total. The number of ether oxygens (including phenoxy) is 2. The van der Waals surface area contributed by atoms with E-state index < -0.39 is 5.97 Å². The van der Waals surface area contributed by atoms with E-state index in [1.165, 1.54) is 19.4 Å². The van der Waals surface area contributed by atoms with Crippen LogP contribution >= 0.6 is 0 Å². The Hall–Kier alpha value is -1.78. The lowest BCUT2D eigenvalue weighted by molar-refractivity contribution is 0.0601. The number of pyridine rings is 1. The molecule has 1 heterocycles. The van der Waals surface area contributed by atoms with Gasteiger partial charge in [-0.3, -0.25) is 0 Å². The zero-order valence-electron chi connectivity index (χ0n) is 10.2. The molecule has 1 aromatic heterocycles. The topological polar surface area (TPSA) is 74.4 Å². The number of nitrogen functional groups attached to an aromatic ring is 1. The van der Waals surface area contributed by atoms with E-state index in [1.54, 1.807) is 0 Å². The lowest BCUT2D eigenvalue weighted by Gasteiger charge is -2.07. The fourth-order valence-electron chi connectivity index (χ4n) is 1.34. The molecule has 0 atom stereocenters. The Morgan fingerprint density at radius 3 is 2.88 bits per heavy atom. The van der Waals surface area contributed by atoms with Gasteiger partial charge in [0.05, 0.1) is 31.2 Å². The number of nitrogens with two attached hydrogens (primary N) is 1. The van der Waals surface area contributed by atoms with Gasteiger partial charge in [0.25, 0.3) is 0 Å². The van der Waals surface area contributed by atoms with Gasteiger partial charge in [0.2, 0.25) is 5.88 Å². The number of hydrogen-bond donors (Lipinski definition) is 1. The van der Waals surface area contributed by atoms with Gasteiger partial charge in [0.1, 0.15) is 0 Å². The number of anilines is 1. The van der Waals surface area contributed by atoms with E-state index in [-0.39, 0.29) is 11.3 Å². The van der Waals surface area contributed by atoms with Gasteiger partial charge in [-0.05, 0) is 6.42 Å². The van der Waals surface area contributed by atoms with Crippen LogP contribution in [0.1, 0.15) is 36.5 Å². The van der Waals surface area contributed by atoms with Crippen LogP contribution < -0.4 is 10.5 Å². The van der Waals surface area contributed by atoms with Crippen molar-refractivity contribution in [2.45, 2.75) is 26.2 Å². The summed E-state index contributed by atoms with van der Waals surface area (Å²) in [6.07, 6.45) is 4.61. The number of esters is 1. The van der Waals surface area contributed by atoms with Crippen molar-refractivity contribution in [2.75, 3.05) is 19.5 Å². The van der Waals surface area contributed by atoms with Crippen LogP contribution in [0.4, 0.5) is 5.69 Å². The van der Waals surface area contributed by atoms with E-state index in [9.17, 15) is 4.79 Å². The quantitative estimate of drug-likeness (QED) is 0.606. The molecule has 0 fully saturated rings. The van der Waals surface area contributed by atoms with E-state index in [0.29, 0.717) is 12.5 Å². The van der Waals surface area contributed by atoms with Crippen LogP contribution in [0, 0.1) is 0 Å². The molecule has 0 aliphatic heterocycles. The third kappa shape index (κ3) is 3.94. The van der Waals surface area contributed by atoms with Crippen molar-refractivity contribution in [2.24, 2.45) is 0 Å². The average molecular weight is 238 g/mol. The highest BCUT2D eigenvalue weighted by atomic mass is 16.5. The number of carbonyl (C=O) groups excluding carboxylic acids is 1. The molecule has 0 aliphatic rings. The van der Waals surface area contributed by atoms with Crippen LogP contribution in [-0.4, -0.2) is 24.7 Å². The Bertz CT molecular complexity index is 380. The summed E-state index contributed by atoms with van der Waals surface area (Å²) in [7, 11) is 1.31. The van der Waals surface area contributed by atoms with Gasteiger partial charge in [-0.1, -0.05) is 19.8 Å². The molecule has 0 unspecified atom stereocenters. The van der Waals surface area contributed by atoms with Crippen molar-refractivity contribution >= 4 is 11.7 Å². The predicted molar refractivity (Wildman–Crippen MR) is 65.0 cm³/mol. The summed E-state index contributed by atoms with van der Waals surface area (Å²) in [6.45, 7) is 2.71. The minimum atomic E-state index is -0.483. The third-order valence-corrected chi connectivity index (χ3v) is 2.31. The molecule has 0 aromatic carbocycles. The summed E-state index contributed by atoms with van der Waals surface area (Å²) in [5.41, 5.74) is 6.20. The summed E-state index contributed by atoms with van der Waals surface area (Å²) in [5, 5.41) is 0. The minimum absolute atomic E-state index is 0.285. The highest BCUT2D eigenvalue weighted by Gasteiger charge is 2.11. The van der Waals surface area contributed by atoms with E-state index in [2.05, 4.69) is 16.6 Å². The van der Waals surface area contributed by atoms with Gasteiger partial charge in [-0.15, -0.1) is 0 Å². The minimum Gasteiger partial charge on any atom is -0.478 e. The standard InChI is InChI=1S/C12H18N2O3/c1-3-4-5-6-17-11-7-9(12(15)16-2)10(13)8-14-11/h7-8H,3-6,13H2,1-2H3. The first kappa shape index (κ1) is 13.3. The Morgan fingerprint density at radius 1 is 1.47 bits per heavy atom. The van der Waals surface area contributed by atoms with Gasteiger partial charge in [-0.25, -0.2) is 9.78 Å². The molecule has 17 heavy (non-hydrogen) atoms. The number of unbranched alkanes of at least 4 members (excludes halogenated alkanes) is 2. The molecule has 5 heteroatoms. The third-order valence-electron chi connectivity index (χ3n) is 2.31. The molecule has 0 amide bonds. The second kappa shape index (κ2) is 6.73. The Morgan fingerprint density at radius 2 is 2.24 bits per heavy atom. The van der Waals surface area contributed by atoms with E-state index >= 15 is 0 Å². The zero-order valence-corrected chi connectivity index (χ0v) is 10.2. The summed E-state index contributed by atoms with van der Waals surface area (Å²) in [4.78, 5) is 15.4.